The first-order valence-electron chi connectivity index (χ1n) is 5.38. The van der Waals surface area contributed by atoms with Crippen molar-refractivity contribution in [3.8, 4) is 5.75 Å². The largest absolute Gasteiger partial charge is 0.506 e. The molecule has 0 fully saturated rings. The van der Waals surface area contributed by atoms with Crippen molar-refractivity contribution < 1.29 is 5.11 Å². The summed E-state index contributed by atoms with van der Waals surface area (Å²) in [7, 11) is 0. The van der Waals surface area contributed by atoms with Gasteiger partial charge < -0.3 is 10.4 Å². The van der Waals surface area contributed by atoms with E-state index in [1.54, 1.807) is 18.5 Å². The van der Waals surface area contributed by atoms with Gasteiger partial charge in [0.15, 0.2) is 0 Å². The number of hydrogen-bond donors (Lipinski definition) is 2. The third kappa shape index (κ3) is 3.06. The zero-order chi connectivity index (χ0) is 13.1. The lowest BCUT2D eigenvalue weighted by Crippen LogP contribution is -2.00. The van der Waals surface area contributed by atoms with Crippen LogP contribution >= 0.6 is 23.2 Å². The molecule has 0 aliphatic heterocycles. The van der Waals surface area contributed by atoms with Crippen molar-refractivity contribution >= 4 is 28.9 Å². The molecule has 0 amide bonds. The Kier molecular flexibility index (Phi) is 3.94. The van der Waals surface area contributed by atoms with Crippen LogP contribution in [0.2, 0.25) is 10.0 Å². The number of anilines is 1. The topological polar surface area (TPSA) is 45.2 Å². The first-order chi connectivity index (χ1) is 8.56. The molecule has 0 spiro atoms. The fourth-order valence-electron chi connectivity index (χ4n) is 1.60. The summed E-state index contributed by atoms with van der Waals surface area (Å²) in [5, 5.41) is 13.7. The van der Waals surface area contributed by atoms with Gasteiger partial charge in [-0.1, -0.05) is 23.2 Å². The van der Waals surface area contributed by atoms with Crippen LogP contribution in [0.15, 0.2) is 30.6 Å². The molecule has 94 valence electrons. The Morgan fingerprint density at radius 3 is 2.72 bits per heavy atom. The number of phenols is 1. The van der Waals surface area contributed by atoms with Gasteiger partial charge in [-0.05, 0) is 30.7 Å². The van der Waals surface area contributed by atoms with Crippen LogP contribution in [0, 0.1) is 6.92 Å². The highest BCUT2D eigenvalue weighted by Gasteiger charge is 2.07. The van der Waals surface area contributed by atoms with Crippen molar-refractivity contribution in [2.75, 3.05) is 5.32 Å². The third-order valence-corrected chi connectivity index (χ3v) is 2.97. The van der Waals surface area contributed by atoms with E-state index in [2.05, 4.69) is 10.3 Å². The van der Waals surface area contributed by atoms with Gasteiger partial charge in [-0.2, -0.15) is 0 Å². The minimum absolute atomic E-state index is 0.0502. The number of phenolic OH excluding ortho intramolecular Hbond substituents is 1. The smallest absolute Gasteiger partial charge is 0.139 e. The van der Waals surface area contributed by atoms with Gasteiger partial charge in [0, 0.05) is 29.5 Å². The first kappa shape index (κ1) is 13.0. The number of halogens is 2. The van der Waals surface area contributed by atoms with E-state index in [4.69, 9.17) is 23.2 Å². The Balaban J connectivity index is 2.15. The van der Waals surface area contributed by atoms with E-state index in [9.17, 15) is 5.11 Å². The molecule has 0 atom stereocenters. The molecule has 1 aromatic heterocycles. The molecule has 0 saturated carbocycles. The molecule has 5 heteroatoms. The third-order valence-electron chi connectivity index (χ3n) is 2.47. The molecular weight excluding hydrogens is 271 g/mol. The summed E-state index contributed by atoms with van der Waals surface area (Å²) in [5.41, 5.74) is 2.59. The van der Waals surface area contributed by atoms with E-state index in [1.807, 2.05) is 13.0 Å². The summed E-state index contributed by atoms with van der Waals surface area (Å²) in [6, 6.07) is 5.16. The van der Waals surface area contributed by atoms with Gasteiger partial charge in [-0.15, -0.1) is 0 Å². The van der Waals surface area contributed by atoms with Gasteiger partial charge in [-0.25, -0.2) is 0 Å². The van der Waals surface area contributed by atoms with E-state index < -0.39 is 0 Å². The molecule has 0 unspecified atom stereocenters. The predicted molar refractivity (Wildman–Crippen MR) is 74.4 cm³/mol. The molecule has 18 heavy (non-hydrogen) atoms. The van der Waals surface area contributed by atoms with Crippen LogP contribution in [0.25, 0.3) is 0 Å². The van der Waals surface area contributed by atoms with E-state index in [1.165, 1.54) is 6.07 Å². The number of benzene rings is 1. The average Bonchev–Trinajstić information content (AvgIpc) is 2.32. The molecule has 3 nitrogen and oxygen atoms in total. The molecule has 1 aromatic carbocycles. The average molecular weight is 283 g/mol. The monoisotopic (exact) mass is 282 g/mol. The van der Waals surface area contributed by atoms with Gasteiger partial charge in [0.1, 0.15) is 5.75 Å². The zero-order valence-electron chi connectivity index (χ0n) is 9.74. The maximum absolute atomic E-state index is 9.81. The summed E-state index contributed by atoms with van der Waals surface area (Å²) in [4.78, 5) is 4.08. The van der Waals surface area contributed by atoms with Gasteiger partial charge in [-0.3, -0.25) is 4.98 Å². The van der Waals surface area contributed by atoms with Crippen LogP contribution in [0.1, 0.15) is 11.1 Å². The SMILES string of the molecule is Cc1cncc(NCc2cc(Cl)cc(Cl)c2O)c1. The summed E-state index contributed by atoms with van der Waals surface area (Å²) in [6.07, 6.45) is 3.50. The van der Waals surface area contributed by atoms with Crippen LogP contribution < -0.4 is 5.32 Å². The molecule has 0 aliphatic carbocycles. The minimum atomic E-state index is 0.0502. The summed E-state index contributed by atoms with van der Waals surface area (Å²) in [6.45, 7) is 2.39. The van der Waals surface area contributed by atoms with Gasteiger partial charge >= 0.3 is 0 Å². The Morgan fingerprint density at radius 2 is 2.00 bits per heavy atom. The van der Waals surface area contributed by atoms with E-state index in [0.717, 1.165) is 11.3 Å². The van der Waals surface area contributed by atoms with Crippen molar-refractivity contribution in [1.29, 1.82) is 0 Å². The zero-order valence-corrected chi connectivity index (χ0v) is 11.3. The van der Waals surface area contributed by atoms with Crippen LogP contribution in [-0.2, 0) is 6.54 Å². The van der Waals surface area contributed by atoms with Gasteiger partial charge in [0.2, 0.25) is 0 Å². The number of aromatic nitrogens is 1. The number of aryl methyl sites for hydroxylation is 1. The highest BCUT2D eigenvalue weighted by molar-refractivity contribution is 6.35. The number of aromatic hydroxyl groups is 1. The number of rotatable bonds is 3. The lowest BCUT2D eigenvalue weighted by Gasteiger charge is -2.10. The molecular formula is C13H12Cl2N2O. The van der Waals surface area contributed by atoms with Gasteiger partial charge in [0.25, 0.3) is 0 Å². The van der Waals surface area contributed by atoms with Crippen molar-refractivity contribution in [2.45, 2.75) is 13.5 Å². The lowest BCUT2D eigenvalue weighted by molar-refractivity contribution is 0.469. The fourth-order valence-corrected chi connectivity index (χ4v) is 2.14. The number of nitrogens with zero attached hydrogens (tertiary/aromatic N) is 1. The summed E-state index contributed by atoms with van der Waals surface area (Å²) in [5.74, 6) is 0.0502. The predicted octanol–water partition coefficient (Wildman–Crippen LogP) is 4.01. The van der Waals surface area contributed by atoms with Crippen molar-refractivity contribution in [1.82, 2.24) is 4.98 Å². The molecule has 0 aliphatic rings. The summed E-state index contributed by atoms with van der Waals surface area (Å²) >= 11 is 11.7. The quantitative estimate of drug-likeness (QED) is 0.894. The highest BCUT2D eigenvalue weighted by Crippen LogP contribution is 2.31. The Labute approximate surface area is 115 Å². The molecule has 1 heterocycles. The van der Waals surface area contributed by atoms with Crippen molar-refractivity contribution in [2.24, 2.45) is 0 Å². The van der Waals surface area contributed by atoms with E-state index >= 15 is 0 Å². The Bertz CT molecular complexity index is 573. The van der Waals surface area contributed by atoms with Gasteiger partial charge in [0.05, 0.1) is 10.7 Å². The number of hydrogen-bond acceptors (Lipinski definition) is 3. The second-order valence-electron chi connectivity index (χ2n) is 4.00. The maximum Gasteiger partial charge on any atom is 0.139 e. The maximum atomic E-state index is 9.81. The van der Waals surface area contributed by atoms with Crippen LogP contribution in [-0.4, -0.2) is 10.1 Å². The highest BCUT2D eigenvalue weighted by atomic mass is 35.5. The molecule has 2 N–H and O–H groups in total. The summed E-state index contributed by atoms with van der Waals surface area (Å²) < 4.78 is 0. The molecule has 0 bridgehead atoms. The van der Waals surface area contributed by atoms with Crippen molar-refractivity contribution in [3.63, 3.8) is 0 Å². The molecule has 0 radical (unpaired) electrons. The Morgan fingerprint density at radius 1 is 1.22 bits per heavy atom. The lowest BCUT2D eigenvalue weighted by atomic mass is 10.2. The van der Waals surface area contributed by atoms with E-state index in [-0.39, 0.29) is 10.8 Å². The number of nitrogens with one attached hydrogen (secondary N) is 1. The van der Waals surface area contributed by atoms with Crippen LogP contribution in [0.3, 0.4) is 0 Å². The first-order valence-corrected chi connectivity index (χ1v) is 6.14. The van der Waals surface area contributed by atoms with Crippen molar-refractivity contribution in [3.05, 3.63) is 51.8 Å². The number of pyridine rings is 1. The fraction of sp³-hybridized carbons (Fsp3) is 0.154. The molecule has 2 rings (SSSR count). The molecule has 2 aromatic rings. The second kappa shape index (κ2) is 5.46. The van der Waals surface area contributed by atoms with Crippen LogP contribution in [0.5, 0.6) is 5.75 Å². The molecule has 0 saturated heterocycles. The van der Waals surface area contributed by atoms with E-state index in [0.29, 0.717) is 17.1 Å². The second-order valence-corrected chi connectivity index (χ2v) is 4.84. The minimum Gasteiger partial charge on any atom is -0.506 e. The standard InChI is InChI=1S/C13H12Cl2N2O/c1-8-2-11(7-16-5-8)17-6-9-3-10(14)4-12(15)13(9)18/h2-5,7,17-18H,6H2,1H3. The normalized spacial score (nSPS) is 10.4. The Hall–Kier alpha value is -1.45. The van der Waals surface area contributed by atoms with Crippen LogP contribution in [0.4, 0.5) is 5.69 Å².